The normalized spacial score (nSPS) is 14.9. The predicted octanol–water partition coefficient (Wildman–Crippen LogP) is 2.96. The molecule has 0 unspecified atom stereocenters. The number of aryl methyl sites for hydroxylation is 1. The van der Waals surface area contributed by atoms with Gasteiger partial charge >= 0.3 is 6.01 Å². The van der Waals surface area contributed by atoms with Crippen molar-refractivity contribution in [3.63, 3.8) is 0 Å². The third-order valence-electron chi connectivity index (χ3n) is 5.11. The summed E-state index contributed by atoms with van der Waals surface area (Å²) in [7, 11) is 0. The fourth-order valence-corrected chi connectivity index (χ4v) is 3.40. The van der Waals surface area contributed by atoms with Crippen molar-refractivity contribution in [2.24, 2.45) is 4.99 Å². The molecule has 30 heavy (non-hydrogen) atoms. The van der Waals surface area contributed by atoms with Crippen LogP contribution in [0.2, 0.25) is 0 Å². The van der Waals surface area contributed by atoms with E-state index in [1.54, 1.807) is 0 Å². The van der Waals surface area contributed by atoms with E-state index in [4.69, 9.17) is 9.47 Å². The molecule has 0 atom stereocenters. The van der Waals surface area contributed by atoms with Gasteiger partial charge in [-0.1, -0.05) is 29.8 Å². The van der Waals surface area contributed by atoms with Crippen LogP contribution in [-0.2, 0) is 11.3 Å². The van der Waals surface area contributed by atoms with E-state index in [0.29, 0.717) is 19.2 Å². The highest BCUT2D eigenvalue weighted by atomic mass is 16.5. The summed E-state index contributed by atoms with van der Waals surface area (Å²) in [4.78, 5) is 18.4. The second-order valence-corrected chi connectivity index (χ2v) is 7.36. The Hall–Kier alpha value is -2.51. The number of ether oxygens (including phenoxy) is 2. The average molecular weight is 412 g/mol. The summed E-state index contributed by atoms with van der Waals surface area (Å²) in [6, 6.07) is 10.7. The van der Waals surface area contributed by atoms with E-state index >= 15 is 0 Å². The van der Waals surface area contributed by atoms with Gasteiger partial charge in [-0.3, -0.25) is 9.89 Å². The zero-order chi connectivity index (χ0) is 21.2. The number of hydrogen-bond donors (Lipinski definition) is 0. The van der Waals surface area contributed by atoms with Crippen LogP contribution in [0, 0.1) is 6.92 Å². The van der Waals surface area contributed by atoms with Gasteiger partial charge < -0.3 is 14.4 Å². The molecule has 0 spiro atoms. The first kappa shape index (κ1) is 22.2. The van der Waals surface area contributed by atoms with E-state index in [-0.39, 0.29) is 0 Å². The molecular weight excluding hydrogens is 378 g/mol. The van der Waals surface area contributed by atoms with Crippen LogP contribution in [0.15, 0.2) is 35.3 Å². The minimum atomic E-state index is 0.424. The monoisotopic (exact) mass is 411 g/mol. The number of anilines is 1. The van der Waals surface area contributed by atoms with Crippen LogP contribution in [0.25, 0.3) is 0 Å². The molecule has 1 aliphatic rings. The number of aromatic nitrogens is 2. The summed E-state index contributed by atoms with van der Waals surface area (Å²) < 4.78 is 11.3. The largest absolute Gasteiger partial charge is 0.462 e. The van der Waals surface area contributed by atoms with Crippen molar-refractivity contribution in [2.75, 3.05) is 57.4 Å². The zero-order valence-electron chi connectivity index (χ0n) is 18.4. The molecule has 2 heterocycles. The van der Waals surface area contributed by atoms with Gasteiger partial charge in [-0.05, 0) is 26.3 Å². The summed E-state index contributed by atoms with van der Waals surface area (Å²) in [5.74, 6) is 0.886. The summed E-state index contributed by atoms with van der Waals surface area (Å²) in [5, 5.41) is 0. The summed E-state index contributed by atoms with van der Waals surface area (Å²) in [5.41, 5.74) is 3.17. The highest BCUT2D eigenvalue weighted by Gasteiger charge is 2.13. The maximum atomic E-state index is 5.93. The lowest BCUT2D eigenvalue weighted by atomic mass is 10.1. The van der Waals surface area contributed by atoms with Crippen molar-refractivity contribution in [2.45, 2.75) is 27.3 Å². The zero-order valence-corrected chi connectivity index (χ0v) is 18.4. The highest BCUT2D eigenvalue weighted by Crippen LogP contribution is 2.17. The minimum absolute atomic E-state index is 0.424. The SMILES string of the molecule is CCN(CC)c1cc(CN=Cc2cccc(C)c2)nc(OCCN2CCOCC2)n1. The molecule has 7 nitrogen and oxygen atoms in total. The van der Waals surface area contributed by atoms with Crippen molar-refractivity contribution in [1.82, 2.24) is 14.9 Å². The number of nitrogens with zero attached hydrogens (tertiary/aromatic N) is 5. The first-order valence-electron chi connectivity index (χ1n) is 10.8. The lowest BCUT2D eigenvalue weighted by Gasteiger charge is -2.26. The second-order valence-electron chi connectivity index (χ2n) is 7.36. The number of hydrogen-bond acceptors (Lipinski definition) is 7. The molecular formula is C23H33N5O2. The van der Waals surface area contributed by atoms with Crippen molar-refractivity contribution >= 4 is 12.0 Å². The lowest BCUT2D eigenvalue weighted by molar-refractivity contribution is 0.0317. The minimum Gasteiger partial charge on any atom is -0.462 e. The Kier molecular flexibility index (Phi) is 8.59. The third kappa shape index (κ3) is 6.78. The average Bonchev–Trinajstić information content (AvgIpc) is 2.75. The van der Waals surface area contributed by atoms with Gasteiger partial charge in [-0.25, -0.2) is 0 Å². The predicted molar refractivity (Wildman–Crippen MR) is 121 cm³/mol. The van der Waals surface area contributed by atoms with E-state index < -0.39 is 0 Å². The molecule has 162 valence electrons. The van der Waals surface area contributed by atoms with E-state index in [2.05, 4.69) is 63.7 Å². The molecule has 1 saturated heterocycles. The molecule has 1 aromatic heterocycles. The van der Waals surface area contributed by atoms with Crippen LogP contribution in [-0.4, -0.2) is 73.6 Å². The molecule has 7 heteroatoms. The van der Waals surface area contributed by atoms with E-state index in [1.807, 2.05) is 18.3 Å². The van der Waals surface area contributed by atoms with Gasteiger partial charge in [0.1, 0.15) is 12.4 Å². The summed E-state index contributed by atoms with van der Waals surface area (Å²) in [6.07, 6.45) is 1.89. The Labute approximate surface area is 179 Å². The van der Waals surface area contributed by atoms with Gasteiger partial charge in [0.05, 0.1) is 25.5 Å². The van der Waals surface area contributed by atoms with E-state index in [1.165, 1.54) is 5.56 Å². The second kappa shape index (κ2) is 11.6. The number of rotatable bonds is 10. The molecule has 0 N–H and O–H groups in total. The van der Waals surface area contributed by atoms with Gasteiger partial charge in [0, 0.05) is 45.0 Å². The molecule has 0 radical (unpaired) electrons. The van der Waals surface area contributed by atoms with E-state index in [0.717, 1.165) is 63.0 Å². The number of benzene rings is 1. The Morgan fingerprint density at radius 1 is 1.17 bits per heavy atom. The van der Waals surface area contributed by atoms with Gasteiger partial charge in [0.25, 0.3) is 0 Å². The maximum Gasteiger partial charge on any atom is 0.318 e. The van der Waals surface area contributed by atoms with Crippen molar-refractivity contribution in [1.29, 1.82) is 0 Å². The van der Waals surface area contributed by atoms with E-state index in [9.17, 15) is 0 Å². The fourth-order valence-electron chi connectivity index (χ4n) is 3.40. The quantitative estimate of drug-likeness (QED) is 0.560. The van der Waals surface area contributed by atoms with Crippen molar-refractivity contribution < 1.29 is 9.47 Å². The fraction of sp³-hybridized carbons (Fsp3) is 0.522. The Morgan fingerprint density at radius 2 is 1.97 bits per heavy atom. The van der Waals surface area contributed by atoms with Gasteiger partial charge in [0.2, 0.25) is 0 Å². The molecule has 2 aromatic rings. The Bertz CT molecular complexity index is 817. The molecule has 0 amide bonds. The smallest absolute Gasteiger partial charge is 0.318 e. The third-order valence-corrected chi connectivity index (χ3v) is 5.11. The Morgan fingerprint density at radius 3 is 2.70 bits per heavy atom. The van der Waals surface area contributed by atoms with Crippen LogP contribution >= 0.6 is 0 Å². The van der Waals surface area contributed by atoms with Crippen LogP contribution in [0.1, 0.15) is 30.7 Å². The molecule has 1 aromatic carbocycles. The highest BCUT2D eigenvalue weighted by molar-refractivity contribution is 5.79. The number of aliphatic imine (C=N–C) groups is 1. The first-order chi connectivity index (χ1) is 14.7. The van der Waals surface area contributed by atoms with Gasteiger partial charge in [-0.2, -0.15) is 9.97 Å². The molecule has 1 fully saturated rings. The topological polar surface area (TPSA) is 63.1 Å². The summed E-state index contributed by atoms with van der Waals surface area (Å²) in [6.45, 7) is 13.5. The van der Waals surface area contributed by atoms with Gasteiger partial charge in [0.15, 0.2) is 0 Å². The maximum absolute atomic E-state index is 5.93. The standard InChI is InChI=1S/C23H33N5O2/c1-4-28(5-2)22-16-21(18-24-17-20-8-6-7-19(3)15-20)25-23(26-22)30-14-11-27-9-12-29-13-10-27/h6-8,15-17H,4-5,9-14,18H2,1-3H3. The van der Waals surface area contributed by atoms with Crippen LogP contribution < -0.4 is 9.64 Å². The van der Waals surface area contributed by atoms with Gasteiger partial charge in [-0.15, -0.1) is 0 Å². The van der Waals surface area contributed by atoms with Crippen LogP contribution in [0.3, 0.4) is 0 Å². The molecule has 0 aliphatic carbocycles. The molecule has 0 bridgehead atoms. The van der Waals surface area contributed by atoms with Crippen LogP contribution in [0.5, 0.6) is 6.01 Å². The van der Waals surface area contributed by atoms with Crippen molar-refractivity contribution in [3.05, 3.63) is 47.2 Å². The summed E-state index contributed by atoms with van der Waals surface area (Å²) >= 11 is 0. The lowest BCUT2D eigenvalue weighted by Crippen LogP contribution is -2.38. The Balaban J connectivity index is 1.67. The van der Waals surface area contributed by atoms with Crippen LogP contribution in [0.4, 0.5) is 5.82 Å². The molecule has 1 aliphatic heterocycles. The molecule has 3 rings (SSSR count). The first-order valence-corrected chi connectivity index (χ1v) is 10.8. The molecule has 0 saturated carbocycles. The van der Waals surface area contributed by atoms with Crippen molar-refractivity contribution in [3.8, 4) is 6.01 Å². The number of morpholine rings is 1.